The number of halogens is 1. The number of ketones is 1. The minimum Gasteiger partial charge on any atom is -0.459 e. The molecule has 0 saturated carbocycles. The van der Waals surface area contributed by atoms with Crippen molar-refractivity contribution in [3.63, 3.8) is 0 Å². The Morgan fingerprint density at radius 3 is 1.84 bits per heavy atom. The van der Waals surface area contributed by atoms with E-state index in [1.807, 2.05) is 36.4 Å². The number of benzene rings is 3. The van der Waals surface area contributed by atoms with Crippen LogP contribution in [0.3, 0.4) is 0 Å². The quantitative estimate of drug-likeness (QED) is 0.113. The molecular formula is C34H36BrN3O6. The number of carbonyl (C=O) groups is 3. The number of hydrogen-bond acceptors (Lipinski definition) is 8. The molecule has 0 spiro atoms. The Kier molecular flexibility index (Phi) is 9.53. The van der Waals surface area contributed by atoms with Crippen molar-refractivity contribution in [3.8, 4) is 11.1 Å². The molecule has 0 aliphatic rings. The average Bonchev–Trinajstić information content (AvgIpc) is 2.95. The lowest BCUT2D eigenvalue weighted by atomic mass is 9.77. The third-order valence-electron chi connectivity index (χ3n) is 6.81. The third kappa shape index (κ3) is 7.85. The Morgan fingerprint density at radius 1 is 0.773 bits per heavy atom. The first-order chi connectivity index (χ1) is 20.6. The second-order valence-electron chi connectivity index (χ2n) is 12.7. The average molecular weight is 663 g/mol. The van der Waals surface area contributed by atoms with Gasteiger partial charge in [-0.1, -0.05) is 69.7 Å². The van der Waals surface area contributed by atoms with Gasteiger partial charge in [-0.05, 0) is 83.4 Å². The van der Waals surface area contributed by atoms with Crippen LogP contribution in [0.1, 0.15) is 64.7 Å². The molecule has 0 radical (unpaired) electrons. The normalized spacial score (nSPS) is 12.2. The lowest BCUT2D eigenvalue weighted by Crippen LogP contribution is -2.49. The van der Waals surface area contributed by atoms with Crippen molar-refractivity contribution in [2.75, 3.05) is 0 Å². The van der Waals surface area contributed by atoms with E-state index in [4.69, 9.17) is 9.47 Å². The second-order valence-corrected chi connectivity index (χ2v) is 13.6. The maximum Gasteiger partial charge on any atom is 0.324 e. The molecule has 1 heterocycles. The molecule has 0 fully saturated rings. The number of fused-ring (bicyclic) bond motifs is 1. The van der Waals surface area contributed by atoms with E-state index in [0.717, 1.165) is 20.3 Å². The molecule has 44 heavy (non-hydrogen) atoms. The van der Waals surface area contributed by atoms with E-state index < -0.39 is 46.3 Å². The maximum absolute atomic E-state index is 14.0. The lowest BCUT2D eigenvalue weighted by molar-refractivity contribution is -0.186. The third-order valence-corrected chi connectivity index (χ3v) is 7.33. The number of aromatic nitrogens is 3. The largest absolute Gasteiger partial charge is 0.459 e. The topological polar surface area (TPSA) is 117 Å². The molecule has 1 aromatic heterocycles. The van der Waals surface area contributed by atoms with Crippen LogP contribution in [0.25, 0.3) is 22.0 Å². The summed E-state index contributed by atoms with van der Waals surface area (Å²) in [5.74, 6) is -2.29. The number of ether oxygens (including phenoxy) is 2. The zero-order valence-electron chi connectivity index (χ0n) is 25.7. The molecule has 0 amide bonds. The molecule has 0 N–H and O–H groups in total. The van der Waals surface area contributed by atoms with Crippen LogP contribution >= 0.6 is 15.9 Å². The van der Waals surface area contributed by atoms with Crippen LogP contribution in [-0.4, -0.2) is 43.9 Å². The number of esters is 2. The minimum atomic E-state index is -2.07. The molecule has 0 aliphatic carbocycles. The molecule has 0 saturated heterocycles. The van der Waals surface area contributed by atoms with Gasteiger partial charge < -0.3 is 9.47 Å². The fraction of sp³-hybridized carbons (Fsp3) is 0.353. The molecule has 0 bridgehead atoms. The molecule has 4 aromatic rings. The van der Waals surface area contributed by atoms with E-state index in [1.54, 1.807) is 77.9 Å². The summed E-state index contributed by atoms with van der Waals surface area (Å²) in [4.78, 5) is 55.0. The number of Topliss-reactive ketones (excluding diaryl/α,β-unsaturated/α-hetero) is 1. The monoisotopic (exact) mass is 661 g/mol. The van der Waals surface area contributed by atoms with Gasteiger partial charge in [-0.2, -0.15) is 0 Å². The summed E-state index contributed by atoms with van der Waals surface area (Å²) >= 11 is 3.43. The van der Waals surface area contributed by atoms with Gasteiger partial charge >= 0.3 is 11.9 Å². The second kappa shape index (κ2) is 12.8. The molecule has 10 heteroatoms. The summed E-state index contributed by atoms with van der Waals surface area (Å²) in [5, 5.41) is 8.47. The van der Waals surface area contributed by atoms with Crippen LogP contribution in [0.15, 0.2) is 82.1 Å². The van der Waals surface area contributed by atoms with Gasteiger partial charge in [-0.25, -0.2) is 4.68 Å². The summed E-state index contributed by atoms with van der Waals surface area (Å²) in [5.41, 5.74) is -1.87. The fourth-order valence-electron chi connectivity index (χ4n) is 4.61. The fourth-order valence-corrected chi connectivity index (χ4v) is 4.87. The van der Waals surface area contributed by atoms with Gasteiger partial charge in [-0.15, -0.1) is 5.10 Å². The Bertz CT molecular complexity index is 1700. The molecule has 4 rings (SSSR count). The summed E-state index contributed by atoms with van der Waals surface area (Å²) in [6.45, 7) is 9.85. The highest BCUT2D eigenvalue weighted by Crippen LogP contribution is 2.36. The van der Waals surface area contributed by atoms with Crippen LogP contribution in [0, 0.1) is 5.41 Å². The Balaban J connectivity index is 1.74. The number of nitrogens with zero attached hydrogens (tertiary/aromatic N) is 3. The SMILES string of the molecule is CC(C)(C)OC(=O)C(CCn1nnc2ccccc2c1=O)(CC(=O)c1ccc(-c2ccc(Br)cc2)cc1)C(=O)OC(C)(C)C. The first-order valence-electron chi connectivity index (χ1n) is 14.3. The van der Waals surface area contributed by atoms with E-state index in [1.165, 1.54) is 0 Å². The van der Waals surface area contributed by atoms with Gasteiger partial charge in [0.1, 0.15) is 16.7 Å². The van der Waals surface area contributed by atoms with E-state index in [-0.39, 0.29) is 13.0 Å². The Morgan fingerprint density at radius 2 is 1.30 bits per heavy atom. The summed E-state index contributed by atoms with van der Waals surface area (Å²) in [6, 6.07) is 21.4. The van der Waals surface area contributed by atoms with Gasteiger partial charge in [0.05, 0.1) is 5.39 Å². The van der Waals surface area contributed by atoms with E-state index in [0.29, 0.717) is 16.5 Å². The van der Waals surface area contributed by atoms with Gasteiger partial charge in [0.2, 0.25) is 0 Å². The molecule has 230 valence electrons. The highest BCUT2D eigenvalue weighted by Gasteiger charge is 2.52. The first kappa shape index (κ1) is 32.7. The van der Waals surface area contributed by atoms with E-state index in [2.05, 4.69) is 26.2 Å². The van der Waals surface area contributed by atoms with Crippen LogP contribution in [0.4, 0.5) is 0 Å². The number of aryl methyl sites for hydroxylation is 1. The number of rotatable bonds is 9. The predicted molar refractivity (Wildman–Crippen MR) is 171 cm³/mol. The van der Waals surface area contributed by atoms with Crippen molar-refractivity contribution in [3.05, 3.63) is 93.2 Å². The van der Waals surface area contributed by atoms with Crippen LogP contribution in [-0.2, 0) is 25.6 Å². The van der Waals surface area contributed by atoms with Gasteiger partial charge in [0.25, 0.3) is 5.56 Å². The molecule has 3 aromatic carbocycles. The van der Waals surface area contributed by atoms with Crippen LogP contribution in [0.5, 0.6) is 0 Å². The van der Waals surface area contributed by atoms with Crippen molar-refractivity contribution in [1.29, 1.82) is 0 Å². The van der Waals surface area contributed by atoms with E-state index >= 15 is 0 Å². The van der Waals surface area contributed by atoms with Crippen molar-refractivity contribution in [2.45, 2.75) is 72.1 Å². The Labute approximate surface area is 264 Å². The summed E-state index contributed by atoms with van der Waals surface area (Å²) in [6.07, 6.45) is -0.823. The predicted octanol–water partition coefficient (Wildman–Crippen LogP) is 6.55. The van der Waals surface area contributed by atoms with Crippen molar-refractivity contribution >= 4 is 44.6 Å². The Hall–Kier alpha value is -4.18. The minimum absolute atomic E-state index is 0.190. The van der Waals surface area contributed by atoms with Gasteiger partial charge in [0.15, 0.2) is 11.2 Å². The maximum atomic E-state index is 14.0. The molecule has 0 unspecified atom stereocenters. The first-order valence-corrected chi connectivity index (χ1v) is 15.1. The van der Waals surface area contributed by atoms with Crippen molar-refractivity contribution in [1.82, 2.24) is 15.0 Å². The van der Waals surface area contributed by atoms with Crippen LogP contribution in [0.2, 0.25) is 0 Å². The zero-order chi connectivity index (χ0) is 32.3. The number of hydrogen-bond donors (Lipinski definition) is 0. The molecule has 0 aliphatic heterocycles. The standard InChI is InChI=1S/C34H36BrN3O6/c1-32(2,3)43-30(41)34(31(42)44-33(4,5)6,19-20-38-29(40)26-9-7-8-10-27(26)36-37-38)21-28(39)24-13-11-22(12-14-24)23-15-17-25(35)18-16-23/h7-18H,19-21H2,1-6H3. The molecule has 9 nitrogen and oxygen atoms in total. The highest BCUT2D eigenvalue weighted by atomic mass is 79.9. The van der Waals surface area contributed by atoms with Crippen molar-refractivity contribution in [2.24, 2.45) is 5.41 Å². The van der Waals surface area contributed by atoms with Crippen LogP contribution < -0.4 is 5.56 Å². The zero-order valence-corrected chi connectivity index (χ0v) is 27.3. The van der Waals surface area contributed by atoms with Gasteiger partial charge in [-0.3, -0.25) is 19.2 Å². The number of carbonyl (C=O) groups excluding carboxylic acids is 3. The molecular weight excluding hydrogens is 626 g/mol. The van der Waals surface area contributed by atoms with Crippen molar-refractivity contribution < 1.29 is 23.9 Å². The highest BCUT2D eigenvalue weighted by molar-refractivity contribution is 9.10. The smallest absolute Gasteiger partial charge is 0.324 e. The van der Waals surface area contributed by atoms with Gasteiger partial charge in [0, 0.05) is 23.0 Å². The summed E-state index contributed by atoms with van der Waals surface area (Å²) in [7, 11) is 0. The summed E-state index contributed by atoms with van der Waals surface area (Å²) < 4.78 is 13.5. The lowest BCUT2D eigenvalue weighted by Gasteiger charge is -2.34. The molecule has 0 atom stereocenters. The van der Waals surface area contributed by atoms with E-state index in [9.17, 15) is 19.2 Å².